The summed E-state index contributed by atoms with van der Waals surface area (Å²) in [6.07, 6.45) is 8.89. The van der Waals surface area contributed by atoms with Crippen LogP contribution >= 0.6 is 0 Å². The number of likely N-dealkylation sites (tertiary alicyclic amines) is 1. The van der Waals surface area contributed by atoms with Crippen LogP contribution in [0.15, 0.2) is 12.1 Å². The van der Waals surface area contributed by atoms with Gasteiger partial charge in [0, 0.05) is 36.5 Å². The molecular formula is C20H28N4O3. The number of carbonyl (C=O) groups excluding carboxylic acids is 3. The highest BCUT2D eigenvalue weighted by Crippen LogP contribution is 2.38. The van der Waals surface area contributed by atoms with Crippen molar-refractivity contribution in [1.82, 2.24) is 20.3 Å². The number of hydrogen-bond acceptors (Lipinski definition) is 3. The van der Waals surface area contributed by atoms with E-state index < -0.39 is 5.91 Å². The number of hydrogen-bond donors (Lipinski definition) is 2. The summed E-state index contributed by atoms with van der Waals surface area (Å²) in [5.74, 6) is -0.791. The van der Waals surface area contributed by atoms with E-state index in [9.17, 15) is 14.4 Å². The first kappa shape index (κ1) is 19.2. The van der Waals surface area contributed by atoms with Gasteiger partial charge in [-0.15, -0.1) is 0 Å². The van der Waals surface area contributed by atoms with Crippen molar-refractivity contribution >= 4 is 23.8 Å². The van der Waals surface area contributed by atoms with Crippen molar-refractivity contribution in [3.63, 3.8) is 0 Å². The molecule has 2 aliphatic rings. The molecule has 0 aromatic carbocycles. The Kier molecular flexibility index (Phi) is 5.98. The minimum absolute atomic E-state index is 0.0000999. The largest absolute Gasteiger partial charge is 0.346 e. The van der Waals surface area contributed by atoms with E-state index >= 15 is 0 Å². The molecule has 27 heavy (non-hydrogen) atoms. The van der Waals surface area contributed by atoms with E-state index in [1.165, 1.54) is 24.6 Å². The van der Waals surface area contributed by atoms with Crippen molar-refractivity contribution in [2.24, 2.45) is 0 Å². The number of nitrogens with zero attached hydrogens (tertiary/aromatic N) is 2. The molecule has 2 heterocycles. The lowest BCUT2D eigenvalue weighted by atomic mass is 10.2. The quantitative estimate of drug-likeness (QED) is 0.613. The van der Waals surface area contributed by atoms with Crippen LogP contribution in [0, 0.1) is 13.8 Å². The fourth-order valence-electron chi connectivity index (χ4n) is 3.62. The van der Waals surface area contributed by atoms with E-state index in [0.29, 0.717) is 19.0 Å². The normalized spacial score (nSPS) is 17.9. The Labute approximate surface area is 159 Å². The van der Waals surface area contributed by atoms with Crippen molar-refractivity contribution in [2.45, 2.75) is 58.4 Å². The summed E-state index contributed by atoms with van der Waals surface area (Å²) < 4.78 is 2.32. The highest BCUT2D eigenvalue weighted by molar-refractivity contribution is 5.94. The second-order valence-corrected chi connectivity index (χ2v) is 7.42. The van der Waals surface area contributed by atoms with E-state index in [1.807, 2.05) is 0 Å². The molecule has 1 aliphatic heterocycles. The first-order valence-electron chi connectivity index (χ1n) is 9.69. The van der Waals surface area contributed by atoms with Gasteiger partial charge in [0.2, 0.25) is 5.91 Å². The maximum absolute atomic E-state index is 12.0. The molecule has 0 radical (unpaired) electrons. The number of carbonyl (C=O) groups is 3. The fourth-order valence-corrected chi connectivity index (χ4v) is 3.62. The van der Waals surface area contributed by atoms with Crippen molar-refractivity contribution in [2.75, 3.05) is 13.1 Å². The van der Waals surface area contributed by atoms with Gasteiger partial charge < -0.3 is 9.47 Å². The van der Waals surface area contributed by atoms with Crippen LogP contribution in [0.3, 0.4) is 0 Å². The molecule has 3 rings (SSSR count). The lowest BCUT2D eigenvalue weighted by Crippen LogP contribution is -2.47. The number of amides is 3. The van der Waals surface area contributed by atoms with Crippen LogP contribution in [0.25, 0.3) is 6.08 Å². The fraction of sp³-hybridized carbons (Fsp3) is 0.550. The van der Waals surface area contributed by atoms with Crippen LogP contribution in [-0.2, 0) is 14.4 Å². The van der Waals surface area contributed by atoms with E-state index in [0.717, 1.165) is 30.5 Å². The average Bonchev–Trinajstić information content (AvgIpc) is 3.44. The molecular weight excluding hydrogens is 344 g/mol. The maximum atomic E-state index is 12.0. The molecule has 2 fully saturated rings. The second kappa shape index (κ2) is 8.41. The Morgan fingerprint density at radius 2 is 1.96 bits per heavy atom. The third kappa shape index (κ3) is 4.99. The molecule has 0 spiro atoms. The molecule has 1 aromatic rings. The summed E-state index contributed by atoms with van der Waals surface area (Å²) in [4.78, 5) is 37.4. The molecule has 1 saturated heterocycles. The van der Waals surface area contributed by atoms with Crippen molar-refractivity contribution < 1.29 is 14.4 Å². The Morgan fingerprint density at radius 1 is 1.19 bits per heavy atom. The summed E-state index contributed by atoms with van der Waals surface area (Å²) in [7, 11) is 0. The summed E-state index contributed by atoms with van der Waals surface area (Å²) in [6.45, 7) is 4.71. The zero-order valence-electron chi connectivity index (χ0n) is 16.1. The van der Waals surface area contributed by atoms with Gasteiger partial charge in [-0.1, -0.05) is 6.42 Å². The molecule has 0 unspecified atom stereocenters. The van der Waals surface area contributed by atoms with Gasteiger partial charge in [-0.3, -0.25) is 25.2 Å². The van der Waals surface area contributed by atoms with Gasteiger partial charge in [-0.25, -0.2) is 0 Å². The van der Waals surface area contributed by atoms with E-state index in [-0.39, 0.29) is 18.4 Å². The average molecular weight is 372 g/mol. The molecule has 0 atom stereocenters. The van der Waals surface area contributed by atoms with Crippen LogP contribution in [0.5, 0.6) is 0 Å². The second-order valence-electron chi connectivity index (χ2n) is 7.42. The summed E-state index contributed by atoms with van der Waals surface area (Å²) in [6, 6.07) is 2.67. The van der Waals surface area contributed by atoms with Gasteiger partial charge >= 0.3 is 0 Å². The Balaban J connectivity index is 1.48. The highest BCUT2D eigenvalue weighted by atomic mass is 16.2. The van der Waals surface area contributed by atoms with E-state index in [4.69, 9.17) is 0 Å². The Hall–Kier alpha value is -2.57. The molecule has 1 saturated carbocycles. The molecule has 1 aromatic heterocycles. The highest BCUT2D eigenvalue weighted by Gasteiger charge is 2.26. The number of hydrazine groups is 1. The molecule has 1 aliphatic carbocycles. The molecule has 146 valence electrons. The topological polar surface area (TPSA) is 83.4 Å². The minimum atomic E-state index is -0.401. The van der Waals surface area contributed by atoms with E-state index in [1.54, 1.807) is 11.0 Å². The van der Waals surface area contributed by atoms with Crippen LogP contribution in [0.4, 0.5) is 0 Å². The maximum Gasteiger partial charge on any atom is 0.262 e. The molecule has 2 N–H and O–H groups in total. The van der Waals surface area contributed by atoms with Gasteiger partial charge in [-0.2, -0.15) is 0 Å². The van der Waals surface area contributed by atoms with Gasteiger partial charge in [0.05, 0.1) is 0 Å². The number of aryl methyl sites for hydroxylation is 1. The van der Waals surface area contributed by atoms with Gasteiger partial charge in [0.25, 0.3) is 11.8 Å². The zero-order chi connectivity index (χ0) is 19.4. The van der Waals surface area contributed by atoms with E-state index in [2.05, 4.69) is 35.3 Å². The SMILES string of the molecule is Cc1cc(/C=C/C(=O)NNC(=O)CN2CCCCCC2=O)c(C)n1C1CC1. The molecule has 3 amide bonds. The molecule has 7 nitrogen and oxygen atoms in total. The monoisotopic (exact) mass is 372 g/mol. The Morgan fingerprint density at radius 3 is 2.70 bits per heavy atom. The lowest BCUT2D eigenvalue weighted by Gasteiger charge is -2.19. The van der Waals surface area contributed by atoms with Crippen molar-refractivity contribution in [3.8, 4) is 0 Å². The van der Waals surface area contributed by atoms with Crippen molar-refractivity contribution in [3.05, 3.63) is 29.1 Å². The smallest absolute Gasteiger partial charge is 0.262 e. The minimum Gasteiger partial charge on any atom is -0.346 e. The first-order chi connectivity index (χ1) is 13.0. The predicted molar refractivity (Wildman–Crippen MR) is 103 cm³/mol. The van der Waals surface area contributed by atoms with Crippen LogP contribution in [0.1, 0.15) is 61.5 Å². The number of aromatic nitrogens is 1. The number of rotatable bonds is 5. The first-order valence-corrected chi connectivity index (χ1v) is 9.69. The van der Waals surface area contributed by atoms with Crippen molar-refractivity contribution in [1.29, 1.82) is 0 Å². The van der Waals surface area contributed by atoms with Crippen LogP contribution < -0.4 is 10.9 Å². The van der Waals surface area contributed by atoms with Crippen LogP contribution in [-0.4, -0.2) is 40.3 Å². The summed E-state index contributed by atoms with van der Waals surface area (Å²) in [5.41, 5.74) is 8.12. The summed E-state index contributed by atoms with van der Waals surface area (Å²) >= 11 is 0. The standard InChI is InChI=1S/C20H28N4O3/c1-14-12-16(15(2)24(14)17-8-9-17)7-10-18(25)21-22-19(26)13-23-11-5-3-4-6-20(23)27/h7,10,12,17H,3-6,8-9,11,13H2,1-2H3,(H,21,25)(H,22,26)/b10-7+. The Bertz CT molecular complexity index is 762. The van der Waals surface area contributed by atoms with Crippen LogP contribution in [0.2, 0.25) is 0 Å². The van der Waals surface area contributed by atoms with Gasteiger partial charge in [-0.05, 0) is 57.2 Å². The lowest BCUT2D eigenvalue weighted by molar-refractivity contribution is -0.136. The third-order valence-corrected chi connectivity index (χ3v) is 5.18. The third-order valence-electron chi connectivity index (χ3n) is 5.18. The summed E-state index contributed by atoms with van der Waals surface area (Å²) in [5, 5.41) is 0. The van der Waals surface area contributed by atoms with Gasteiger partial charge in [0.15, 0.2) is 0 Å². The zero-order valence-corrected chi connectivity index (χ0v) is 16.1. The number of nitrogens with one attached hydrogen (secondary N) is 2. The van der Waals surface area contributed by atoms with Gasteiger partial charge in [0.1, 0.15) is 6.54 Å². The molecule has 0 bridgehead atoms. The molecule has 7 heteroatoms. The predicted octanol–water partition coefficient (Wildman–Crippen LogP) is 2.00.